The first-order chi connectivity index (χ1) is 21.4. The van der Waals surface area contributed by atoms with Crippen molar-refractivity contribution in [1.82, 2.24) is 29.9 Å². The van der Waals surface area contributed by atoms with Gasteiger partial charge in [0, 0.05) is 32.5 Å². The third-order valence-electron chi connectivity index (χ3n) is 8.61. The highest BCUT2D eigenvalue weighted by Gasteiger charge is 2.34. The highest BCUT2D eigenvalue weighted by Crippen LogP contribution is 2.23. The second kappa shape index (κ2) is 15.0. The molecular formula is C34H44N6O4. The van der Waals surface area contributed by atoms with Gasteiger partial charge in [-0.2, -0.15) is 5.10 Å². The van der Waals surface area contributed by atoms with Crippen LogP contribution in [0.5, 0.6) is 5.75 Å². The van der Waals surface area contributed by atoms with Crippen LogP contribution in [0.25, 0.3) is 0 Å². The Labute approximate surface area is 259 Å². The smallest absolute Gasteiger partial charge is 0.243 e. The number of ether oxygens (including phenoxy) is 1. The van der Waals surface area contributed by atoms with Crippen molar-refractivity contribution in [2.45, 2.75) is 83.3 Å². The number of methoxy groups -OCH3 is 1. The van der Waals surface area contributed by atoms with Crippen LogP contribution >= 0.6 is 0 Å². The zero-order chi connectivity index (χ0) is 30.9. The summed E-state index contributed by atoms with van der Waals surface area (Å²) in [7, 11) is 1.65. The Kier molecular flexibility index (Phi) is 10.6. The van der Waals surface area contributed by atoms with Crippen LogP contribution in [0.3, 0.4) is 0 Å². The number of nitrogens with one attached hydrogen (secondary N) is 1. The first-order valence-corrected chi connectivity index (χ1v) is 15.9. The molecule has 44 heavy (non-hydrogen) atoms. The lowest BCUT2D eigenvalue weighted by Gasteiger charge is -2.36. The van der Waals surface area contributed by atoms with Gasteiger partial charge in [-0.25, -0.2) is 9.67 Å². The lowest BCUT2D eigenvalue weighted by atomic mass is 9.99. The van der Waals surface area contributed by atoms with E-state index in [1.54, 1.807) is 12.0 Å². The number of rotatable bonds is 7. The Morgan fingerprint density at radius 1 is 0.955 bits per heavy atom. The normalized spacial score (nSPS) is 19.9. The standard InChI is InChI=1S/C34H44N6O4/c1-25-35-33-29(24-27-10-4-3-5-11-27)36-34(43)30-13-6-7-21-39(30)32(42)15-9-20-38(22-23-40(33)37-25)31(41)14-8-12-26-16-18-28(44-2)19-17-26/h3-5,10-11,16-19,29-30H,6-9,12-15,20-24H2,1-2H3,(H,36,43)/t29-,30+/m1/s1. The van der Waals surface area contributed by atoms with Gasteiger partial charge in [-0.1, -0.05) is 42.5 Å². The summed E-state index contributed by atoms with van der Waals surface area (Å²) in [6.07, 6.45) is 5.77. The van der Waals surface area contributed by atoms with Crippen molar-refractivity contribution in [3.63, 3.8) is 0 Å². The summed E-state index contributed by atoms with van der Waals surface area (Å²) in [5.41, 5.74) is 2.23. The van der Waals surface area contributed by atoms with Crippen molar-refractivity contribution in [2.75, 3.05) is 26.7 Å². The highest BCUT2D eigenvalue weighted by atomic mass is 16.5. The van der Waals surface area contributed by atoms with Gasteiger partial charge in [0.05, 0.1) is 19.7 Å². The Bertz CT molecular complexity index is 1410. The Hall–Kier alpha value is -4.21. The fourth-order valence-electron chi connectivity index (χ4n) is 6.26. The van der Waals surface area contributed by atoms with Crippen LogP contribution in [0.1, 0.15) is 73.8 Å². The number of aromatic nitrogens is 3. The van der Waals surface area contributed by atoms with Crippen molar-refractivity contribution in [1.29, 1.82) is 0 Å². The number of nitrogens with zero attached hydrogens (tertiary/aromatic N) is 5. The minimum Gasteiger partial charge on any atom is -0.497 e. The van der Waals surface area contributed by atoms with Crippen LogP contribution < -0.4 is 10.1 Å². The van der Waals surface area contributed by atoms with E-state index in [4.69, 9.17) is 9.72 Å². The summed E-state index contributed by atoms with van der Waals surface area (Å²) in [6, 6.07) is 17.0. The lowest BCUT2D eigenvalue weighted by molar-refractivity contribution is -0.143. The van der Waals surface area contributed by atoms with E-state index < -0.39 is 12.1 Å². The molecule has 234 valence electrons. The molecule has 2 atom stereocenters. The molecule has 5 rings (SSSR count). The van der Waals surface area contributed by atoms with Gasteiger partial charge in [-0.05, 0) is 75.1 Å². The number of fused-ring (bicyclic) bond motifs is 2. The maximum absolute atomic E-state index is 13.7. The van der Waals surface area contributed by atoms with Gasteiger partial charge in [-0.3, -0.25) is 14.4 Å². The van der Waals surface area contributed by atoms with E-state index in [2.05, 4.69) is 10.4 Å². The number of carbonyl (C=O) groups is 3. The summed E-state index contributed by atoms with van der Waals surface area (Å²) in [5.74, 6) is 2.00. The summed E-state index contributed by atoms with van der Waals surface area (Å²) < 4.78 is 7.09. The van der Waals surface area contributed by atoms with Crippen LogP contribution in [0, 0.1) is 6.92 Å². The number of benzene rings is 2. The molecule has 2 aromatic carbocycles. The van der Waals surface area contributed by atoms with Crippen molar-refractivity contribution >= 4 is 17.7 Å². The molecule has 2 aliphatic rings. The van der Waals surface area contributed by atoms with Crippen LogP contribution in [0.2, 0.25) is 0 Å². The molecule has 3 aromatic rings. The van der Waals surface area contributed by atoms with Crippen molar-refractivity contribution < 1.29 is 19.1 Å². The fourth-order valence-corrected chi connectivity index (χ4v) is 6.26. The van der Waals surface area contributed by atoms with E-state index >= 15 is 0 Å². The van der Waals surface area contributed by atoms with Crippen LogP contribution in [-0.4, -0.2) is 75.1 Å². The molecule has 1 saturated heterocycles. The molecule has 0 aliphatic carbocycles. The summed E-state index contributed by atoms with van der Waals surface area (Å²) >= 11 is 0. The van der Waals surface area contributed by atoms with Crippen LogP contribution in [0.4, 0.5) is 0 Å². The molecule has 3 amide bonds. The van der Waals surface area contributed by atoms with Crippen LogP contribution in [0.15, 0.2) is 54.6 Å². The minimum absolute atomic E-state index is 0.0209. The fraction of sp³-hybridized carbons (Fsp3) is 0.500. The molecule has 0 spiro atoms. The first kappa shape index (κ1) is 31.2. The van der Waals surface area contributed by atoms with E-state index in [1.807, 2.05) is 71.1 Å². The molecule has 1 N–H and O–H groups in total. The summed E-state index contributed by atoms with van der Waals surface area (Å²) in [5, 5.41) is 7.93. The summed E-state index contributed by atoms with van der Waals surface area (Å²) in [4.78, 5) is 49.0. The second-order valence-electron chi connectivity index (χ2n) is 11.8. The monoisotopic (exact) mass is 600 g/mol. The van der Waals surface area contributed by atoms with Crippen molar-refractivity contribution in [2.24, 2.45) is 0 Å². The predicted molar refractivity (Wildman–Crippen MR) is 167 cm³/mol. The Morgan fingerprint density at radius 3 is 2.52 bits per heavy atom. The van der Waals surface area contributed by atoms with E-state index in [0.717, 1.165) is 42.6 Å². The Balaban J connectivity index is 1.36. The zero-order valence-corrected chi connectivity index (χ0v) is 25.9. The second-order valence-corrected chi connectivity index (χ2v) is 11.8. The molecule has 10 heteroatoms. The quantitative estimate of drug-likeness (QED) is 0.439. The van der Waals surface area contributed by atoms with Gasteiger partial charge in [0.25, 0.3) is 0 Å². The minimum atomic E-state index is -0.509. The third-order valence-corrected chi connectivity index (χ3v) is 8.61. The van der Waals surface area contributed by atoms with E-state index in [0.29, 0.717) is 69.9 Å². The number of carbonyl (C=O) groups excluding carboxylic acids is 3. The molecule has 1 aromatic heterocycles. The molecule has 0 unspecified atom stereocenters. The maximum atomic E-state index is 13.7. The zero-order valence-electron chi connectivity index (χ0n) is 25.9. The van der Waals surface area contributed by atoms with Crippen molar-refractivity contribution in [3.8, 4) is 5.75 Å². The number of piperidine rings is 1. The molecular weight excluding hydrogens is 556 g/mol. The van der Waals surface area contributed by atoms with Gasteiger partial charge in [-0.15, -0.1) is 0 Å². The van der Waals surface area contributed by atoms with Crippen LogP contribution in [-0.2, 0) is 33.8 Å². The molecule has 2 aliphatic heterocycles. The van der Waals surface area contributed by atoms with Gasteiger partial charge in [0.1, 0.15) is 23.4 Å². The SMILES string of the molecule is COc1ccc(CCCC(=O)N2CCCC(=O)N3CCCC[C@H]3C(=O)N[C@H](Cc3ccccc3)c3nc(C)nn3CC2)cc1. The average molecular weight is 601 g/mol. The number of aryl methyl sites for hydroxylation is 2. The molecule has 10 nitrogen and oxygen atoms in total. The first-order valence-electron chi connectivity index (χ1n) is 15.9. The predicted octanol–water partition coefficient (Wildman–Crippen LogP) is 4.02. The van der Waals surface area contributed by atoms with Gasteiger partial charge in [0.2, 0.25) is 17.7 Å². The maximum Gasteiger partial charge on any atom is 0.243 e. The largest absolute Gasteiger partial charge is 0.497 e. The lowest BCUT2D eigenvalue weighted by Crippen LogP contribution is -2.53. The molecule has 0 saturated carbocycles. The average Bonchev–Trinajstić information content (AvgIpc) is 3.42. The highest BCUT2D eigenvalue weighted by molar-refractivity contribution is 5.88. The Morgan fingerprint density at radius 2 is 1.75 bits per heavy atom. The van der Waals surface area contributed by atoms with Gasteiger partial charge >= 0.3 is 0 Å². The third kappa shape index (κ3) is 8.03. The van der Waals surface area contributed by atoms with Gasteiger partial charge < -0.3 is 19.9 Å². The van der Waals surface area contributed by atoms with E-state index in [1.165, 1.54) is 0 Å². The van der Waals surface area contributed by atoms with Crippen molar-refractivity contribution in [3.05, 3.63) is 77.4 Å². The number of amides is 3. The topological polar surface area (TPSA) is 110 Å². The van der Waals surface area contributed by atoms with Gasteiger partial charge in [0.15, 0.2) is 0 Å². The number of hydrogen-bond acceptors (Lipinski definition) is 6. The van der Waals surface area contributed by atoms with E-state index in [9.17, 15) is 14.4 Å². The molecule has 3 heterocycles. The molecule has 0 radical (unpaired) electrons. The molecule has 0 bridgehead atoms. The number of hydrogen-bond donors (Lipinski definition) is 1. The summed E-state index contributed by atoms with van der Waals surface area (Å²) in [6.45, 7) is 3.80. The molecule has 1 fully saturated rings. The van der Waals surface area contributed by atoms with E-state index in [-0.39, 0.29) is 17.7 Å².